The van der Waals surface area contributed by atoms with Crippen molar-refractivity contribution in [3.63, 3.8) is 0 Å². The molecule has 0 aliphatic carbocycles. The van der Waals surface area contributed by atoms with Crippen molar-refractivity contribution in [2.45, 2.75) is 73.8 Å². The Labute approximate surface area is 96.6 Å². The second kappa shape index (κ2) is 4.86. The molecule has 0 aromatic rings. The highest BCUT2D eigenvalue weighted by molar-refractivity contribution is 4.83. The molecule has 0 amide bonds. The van der Waals surface area contributed by atoms with Crippen LogP contribution in [-0.4, -0.2) is 12.2 Å². The van der Waals surface area contributed by atoms with Gasteiger partial charge in [0.15, 0.2) is 0 Å². The minimum atomic E-state index is 0.0581. The van der Waals surface area contributed by atoms with Crippen molar-refractivity contribution >= 4 is 0 Å². The van der Waals surface area contributed by atoms with Gasteiger partial charge in [-0.2, -0.15) is 0 Å². The Morgan fingerprint density at radius 2 is 1.20 bits per heavy atom. The van der Waals surface area contributed by atoms with Crippen LogP contribution >= 0.6 is 0 Å². The van der Waals surface area contributed by atoms with Crippen molar-refractivity contribution in [3.8, 4) is 0 Å². The van der Waals surface area contributed by atoms with Crippen LogP contribution in [0.4, 0.5) is 0 Å². The molecule has 0 saturated heterocycles. The van der Waals surface area contributed by atoms with Gasteiger partial charge in [0.25, 0.3) is 0 Å². The molecule has 0 aliphatic heterocycles. The summed E-state index contributed by atoms with van der Waals surface area (Å²) >= 11 is 0. The van der Waals surface area contributed by atoms with Crippen molar-refractivity contribution in [2.75, 3.05) is 6.61 Å². The Morgan fingerprint density at radius 3 is 1.47 bits per heavy atom. The summed E-state index contributed by atoms with van der Waals surface area (Å²) in [7, 11) is 0. The SMILES string of the molecule is CCC(C)(CC)OCC(C)(C)C(C)(C)C. The maximum Gasteiger partial charge on any atom is 0.0649 e. The van der Waals surface area contributed by atoms with Crippen LogP contribution in [0, 0.1) is 10.8 Å². The van der Waals surface area contributed by atoms with Crippen LogP contribution < -0.4 is 0 Å². The normalized spacial score (nSPS) is 14.4. The van der Waals surface area contributed by atoms with Gasteiger partial charge in [-0.1, -0.05) is 48.5 Å². The summed E-state index contributed by atoms with van der Waals surface area (Å²) in [5.41, 5.74) is 0.566. The smallest absolute Gasteiger partial charge is 0.0649 e. The van der Waals surface area contributed by atoms with Gasteiger partial charge in [0.2, 0.25) is 0 Å². The van der Waals surface area contributed by atoms with E-state index in [1.807, 2.05) is 0 Å². The summed E-state index contributed by atoms with van der Waals surface area (Å²) in [5.74, 6) is 0. The van der Waals surface area contributed by atoms with Gasteiger partial charge in [-0.05, 0) is 30.6 Å². The fourth-order valence-electron chi connectivity index (χ4n) is 1.03. The molecule has 1 nitrogen and oxygen atoms in total. The van der Waals surface area contributed by atoms with Crippen LogP contribution in [0.5, 0.6) is 0 Å². The fraction of sp³-hybridized carbons (Fsp3) is 1.00. The van der Waals surface area contributed by atoms with E-state index in [2.05, 4.69) is 55.4 Å². The Morgan fingerprint density at radius 1 is 0.800 bits per heavy atom. The Kier molecular flexibility index (Phi) is 4.85. The third-order valence-electron chi connectivity index (χ3n) is 4.31. The van der Waals surface area contributed by atoms with Crippen LogP contribution in [0.1, 0.15) is 68.2 Å². The molecule has 0 rings (SSSR count). The van der Waals surface area contributed by atoms with Gasteiger partial charge in [0.05, 0.1) is 12.2 Å². The molecular formula is C14H30O. The van der Waals surface area contributed by atoms with Gasteiger partial charge < -0.3 is 4.74 Å². The minimum absolute atomic E-state index is 0.0581. The Hall–Kier alpha value is -0.0400. The van der Waals surface area contributed by atoms with E-state index in [1.165, 1.54) is 0 Å². The van der Waals surface area contributed by atoms with E-state index in [-0.39, 0.29) is 16.4 Å². The van der Waals surface area contributed by atoms with Crippen molar-refractivity contribution in [1.29, 1.82) is 0 Å². The molecule has 0 atom stereocenters. The standard InChI is InChI=1S/C14H30O/c1-9-14(8,10-2)15-11-13(6,7)12(3,4)5/h9-11H2,1-8H3. The lowest BCUT2D eigenvalue weighted by Gasteiger charge is -2.41. The molecule has 0 aliphatic rings. The summed E-state index contributed by atoms with van der Waals surface area (Å²) in [6.07, 6.45) is 2.17. The first-order valence-corrected chi connectivity index (χ1v) is 6.22. The lowest BCUT2D eigenvalue weighted by molar-refractivity contribution is -0.0950. The van der Waals surface area contributed by atoms with Crippen molar-refractivity contribution < 1.29 is 4.74 Å². The molecule has 0 fully saturated rings. The van der Waals surface area contributed by atoms with Gasteiger partial charge in [0.1, 0.15) is 0 Å². The summed E-state index contributed by atoms with van der Waals surface area (Å²) in [4.78, 5) is 0. The molecule has 0 saturated carbocycles. The van der Waals surface area contributed by atoms with E-state index < -0.39 is 0 Å². The number of hydrogen-bond acceptors (Lipinski definition) is 1. The molecule has 0 bridgehead atoms. The van der Waals surface area contributed by atoms with E-state index in [4.69, 9.17) is 4.74 Å². The summed E-state index contributed by atoms with van der Waals surface area (Å²) in [5, 5.41) is 0. The molecule has 1 heteroatoms. The summed E-state index contributed by atoms with van der Waals surface area (Å²) in [6, 6.07) is 0. The second-order valence-electron chi connectivity index (χ2n) is 6.58. The van der Waals surface area contributed by atoms with Gasteiger partial charge in [0, 0.05) is 0 Å². The number of ether oxygens (including phenoxy) is 1. The van der Waals surface area contributed by atoms with Crippen molar-refractivity contribution in [2.24, 2.45) is 10.8 Å². The van der Waals surface area contributed by atoms with E-state index in [1.54, 1.807) is 0 Å². The molecular weight excluding hydrogens is 184 g/mol. The van der Waals surface area contributed by atoms with Crippen LogP contribution in [0.25, 0.3) is 0 Å². The minimum Gasteiger partial charge on any atom is -0.375 e. The zero-order chi connectivity index (χ0) is 12.3. The lowest BCUT2D eigenvalue weighted by atomic mass is 9.70. The largest absolute Gasteiger partial charge is 0.375 e. The van der Waals surface area contributed by atoms with Crippen molar-refractivity contribution in [1.82, 2.24) is 0 Å². The molecule has 0 N–H and O–H groups in total. The molecule has 0 unspecified atom stereocenters. The fourth-order valence-corrected chi connectivity index (χ4v) is 1.03. The first kappa shape index (κ1) is 15.0. The van der Waals surface area contributed by atoms with Crippen LogP contribution in [-0.2, 0) is 4.74 Å². The molecule has 92 valence electrons. The van der Waals surface area contributed by atoms with Crippen molar-refractivity contribution in [3.05, 3.63) is 0 Å². The highest BCUT2D eigenvalue weighted by atomic mass is 16.5. The summed E-state index contributed by atoms with van der Waals surface area (Å²) in [6.45, 7) is 18.9. The number of rotatable bonds is 5. The summed E-state index contributed by atoms with van der Waals surface area (Å²) < 4.78 is 6.12. The Balaban J connectivity index is 4.38. The molecule has 0 heterocycles. The topological polar surface area (TPSA) is 9.23 Å². The quantitative estimate of drug-likeness (QED) is 0.647. The van der Waals surface area contributed by atoms with Crippen LogP contribution in [0.2, 0.25) is 0 Å². The van der Waals surface area contributed by atoms with Gasteiger partial charge in [-0.15, -0.1) is 0 Å². The zero-order valence-electron chi connectivity index (χ0n) is 12.0. The van der Waals surface area contributed by atoms with Gasteiger partial charge >= 0.3 is 0 Å². The average molecular weight is 214 g/mol. The Bertz CT molecular complexity index is 182. The van der Waals surface area contributed by atoms with Gasteiger partial charge in [-0.25, -0.2) is 0 Å². The predicted octanol–water partition coefficient (Wildman–Crippen LogP) is 4.65. The molecule has 0 radical (unpaired) electrons. The highest BCUT2D eigenvalue weighted by Gasteiger charge is 2.35. The maximum atomic E-state index is 6.12. The zero-order valence-corrected chi connectivity index (χ0v) is 12.0. The van der Waals surface area contributed by atoms with Crippen LogP contribution in [0.15, 0.2) is 0 Å². The van der Waals surface area contributed by atoms with Gasteiger partial charge in [-0.3, -0.25) is 0 Å². The van der Waals surface area contributed by atoms with E-state index in [9.17, 15) is 0 Å². The highest BCUT2D eigenvalue weighted by Crippen LogP contribution is 2.39. The molecule has 0 spiro atoms. The molecule has 0 aromatic carbocycles. The first-order chi connectivity index (χ1) is 6.58. The lowest BCUT2D eigenvalue weighted by Crippen LogP contribution is -2.39. The monoisotopic (exact) mass is 214 g/mol. The molecule has 15 heavy (non-hydrogen) atoms. The second-order valence-corrected chi connectivity index (χ2v) is 6.58. The number of hydrogen-bond donors (Lipinski definition) is 0. The predicted molar refractivity (Wildman–Crippen MR) is 68.2 cm³/mol. The average Bonchev–Trinajstić information content (AvgIpc) is 2.13. The third-order valence-corrected chi connectivity index (χ3v) is 4.31. The van der Waals surface area contributed by atoms with E-state index in [0.717, 1.165) is 19.4 Å². The van der Waals surface area contributed by atoms with E-state index >= 15 is 0 Å². The molecule has 0 aromatic heterocycles. The first-order valence-electron chi connectivity index (χ1n) is 6.22. The maximum absolute atomic E-state index is 6.12. The third kappa shape index (κ3) is 4.14. The van der Waals surface area contributed by atoms with E-state index in [0.29, 0.717) is 0 Å². The van der Waals surface area contributed by atoms with Crippen LogP contribution in [0.3, 0.4) is 0 Å².